The summed E-state index contributed by atoms with van der Waals surface area (Å²) in [6, 6.07) is 15.0. The zero-order chi connectivity index (χ0) is 16.2. The molecule has 0 aromatic heterocycles. The molecule has 0 saturated carbocycles. The van der Waals surface area contributed by atoms with Crippen LogP contribution in [0.3, 0.4) is 0 Å². The summed E-state index contributed by atoms with van der Waals surface area (Å²) in [6.07, 6.45) is 0.927. The molecular formula is C18H20Cl2NO+. The van der Waals surface area contributed by atoms with Gasteiger partial charge >= 0.3 is 5.91 Å². The molecular weight excluding hydrogens is 317 g/mol. The fraction of sp³-hybridized carbons (Fsp3) is 0.278. The molecule has 2 rings (SSSR count). The summed E-state index contributed by atoms with van der Waals surface area (Å²) in [4.78, 5) is 12.9. The SMILES string of the molecule is CCC[N+](C)(Cc1ccc(Cl)c(Cl)c1)C(=O)c1ccccc1. The van der Waals surface area contributed by atoms with Gasteiger partial charge in [-0.2, -0.15) is 0 Å². The summed E-state index contributed by atoms with van der Waals surface area (Å²) in [6.45, 7) is 3.45. The number of hydrogen-bond acceptors (Lipinski definition) is 1. The number of carbonyl (C=O) groups is 1. The van der Waals surface area contributed by atoms with Gasteiger partial charge in [0, 0.05) is 5.56 Å². The Bertz CT molecular complexity index is 657. The molecule has 2 aromatic carbocycles. The summed E-state index contributed by atoms with van der Waals surface area (Å²) >= 11 is 12.1. The van der Waals surface area contributed by atoms with Crippen molar-refractivity contribution < 1.29 is 9.28 Å². The normalized spacial score (nSPS) is 13.6. The van der Waals surface area contributed by atoms with Gasteiger partial charge in [0.2, 0.25) is 0 Å². The number of nitrogens with zero attached hydrogens (tertiary/aromatic N) is 1. The van der Waals surface area contributed by atoms with E-state index in [0.717, 1.165) is 24.1 Å². The average Bonchev–Trinajstić information content (AvgIpc) is 2.51. The largest absolute Gasteiger partial charge is 0.345 e. The molecule has 22 heavy (non-hydrogen) atoms. The molecule has 0 saturated heterocycles. The number of amides is 1. The van der Waals surface area contributed by atoms with E-state index < -0.39 is 0 Å². The molecule has 0 aliphatic carbocycles. The van der Waals surface area contributed by atoms with Crippen molar-refractivity contribution in [3.8, 4) is 0 Å². The molecule has 2 nitrogen and oxygen atoms in total. The zero-order valence-electron chi connectivity index (χ0n) is 12.9. The number of rotatable bonds is 5. The Morgan fingerprint density at radius 3 is 2.32 bits per heavy atom. The molecule has 1 atom stereocenters. The van der Waals surface area contributed by atoms with E-state index >= 15 is 0 Å². The van der Waals surface area contributed by atoms with Gasteiger partial charge in [0.1, 0.15) is 6.54 Å². The number of hydrogen-bond donors (Lipinski definition) is 0. The fourth-order valence-corrected chi connectivity index (χ4v) is 3.00. The van der Waals surface area contributed by atoms with Crippen molar-refractivity contribution in [2.45, 2.75) is 19.9 Å². The Morgan fingerprint density at radius 2 is 1.73 bits per heavy atom. The fourth-order valence-electron chi connectivity index (χ4n) is 2.68. The van der Waals surface area contributed by atoms with Crippen LogP contribution in [0.25, 0.3) is 0 Å². The van der Waals surface area contributed by atoms with Gasteiger partial charge in [-0.05, 0) is 30.7 Å². The minimum Gasteiger partial charge on any atom is -0.255 e. The van der Waals surface area contributed by atoms with Crippen LogP contribution in [0.15, 0.2) is 48.5 Å². The first-order valence-corrected chi connectivity index (χ1v) is 8.10. The Morgan fingerprint density at radius 1 is 1.05 bits per heavy atom. The molecule has 0 fully saturated rings. The molecule has 0 spiro atoms. The predicted octanol–water partition coefficient (Wildman–Crippen LogP) is 5.19. The lowest BCUT2D eigenvalue weighted by Crippen LogP contribution is -2.49. The van der Waals surface area contributed by atoms with E-state index in [2.05, 4.69) is 6.92 Å². The molecule has 0 heterocycles. The van der Waals surface area contributed by atoms with Crippen LogP contribution < -0.4 is 0 Å². The maximum Gasteiger partial charge on any atom is 0.345 e. The maximum atomic E-state index is 12.9. The predicted molar refractivity (Wildman–Crippen MR) is 92.3 cm³/mol. The molecule has 1 amide bonds. The van der Waals surface area contributed by atoms with Gasteiger partial charge in [0.25, 0.3) is 0 Å². The van der Waals surface area contributed by atoms with Crippen molar-refractivity contribution in [2.75, 3.05) is 13.6 Å². The summed E-state index contributed by atoms with van der Waals surface area (Å²) in [5, 5.41) is 1.05. The van der Waals surface area contributed by atoms with Crippen LogP contribution in [0.5, 0.6) is 0 Å². The van der Waals surface area contributed by atoms with E-state index in [-0.39, 0.29) is 5.91 Å². The van der Waals surface area contributed by atoms with E-state index in [9.17, 15) is 4.79 Å². The second-order valence-corrected chi connectivity index (χ2v) is 6.51. The quantitative estimate of drug-likeness (QED) is 0.686. The van der Waals surface area contributed by atoms with Crippen LogP contribution in [-0.2, 0) is 6.54 Å². The highest BCUT2D eigenvalue weighted by molar-refractivity contribution is 6.42. The van der Waals surface area contributed by atoms with Crippen LogP contribution in [-0.4, -0.2) is 24.0 Å². The van der Waals surface area contributed by atoms with Crippen LogP contribution in [0.1, 0.15) is 29.3 Å². The van der Waals surface area contributed by atoms with Crippen molar-refractivity contribution >= 4 is 29.1 Å². The molecule has 116 valence electrons. The Kier molecular flexibility index (Phi) is 5.63. The number of benzene rings is 2. The maximum absolute atomic E-state index is 12.9. The first-order valence-electron chi connectivity index (χ1n) is 7.34. The van der Waals surface area contributed by atoms with E-state index in [0.29, 0.717) is 21.1 Å². The molecule has 0 bridgehead atoms. The second kappa shape index (κ2) is 7.28. The molecule has 4 heteroatoms. The topological polar surface area (TPSA) is 17.1 Å². The van der Waals surface area contributed by atoms with Gasteiger partial charge in [-0.25, -0.2) is 4.79 Å². The molecule has 0 radical (unpaired) electrons. The number of carbonyl (C=O) groups excluding carboxylic acids is 1. The Balaban J connectivity index is 2.31. The smallest absolute Gasteiger partial charge is 0.255 e. The van der Waals surface area contributed by atoms with E-state index in [4.69, 9.17) is 23.2 Å². The molecule has 1 unspecified atom stereocenters. The van der Waals surface area contributed by atoms with Gasteiger partial charge in [-0.15, -0.1) is 0 Å². The molecule has 2 aromatic rings. The number of halogens is 2. The Hall–Kier alpha value is -1.35. The third kappa shape index (κ3) is 3.89. The highest BCUT2D eigenvalue weighted by Crippen LogP contribution is 2.25. The van der Waals surface area contributed by atoms with Crippen molar-refractivity contribution in [1.82, 2.24) is 0 Å². The van der Waals surface area contributed by atoms with E-state index in [1.54, 1.807) is 6.07 Å². The summed E-state index contributed by atoms with van der Waals surface area (Å²) < 4.78 is 0.318. The third-order valence-corrected chi connectivity index (χ3v) is 4.48. The summed E-state index contributed by atoms with van der Waals surface area (Å²) in [7, 11) is 1.97. The van der Waals surface area contributed by atoms with Gasteiger partial charge in [-0.1, -0.05) is 54.4 Å². The standard InChI is InChI=1S/C18H20Cl2NO/c1-3-11-21(2,18(22)15-7-5-4-6-8-15)13-14-9-10-16(19)17(20)12-14/h4-10,12H,3,11,13H2,1-2H3/q+1. The van der Waals surface area contributed by atoms with Gasteiger partial charge < -0.3 is 0 Å². The van der Waals surface area contributed by atoms with Crippen molar-refractivity contribution in [2.24, 2.45) is 0 Å². The minimum atomic E-state index is 0.119. The van der Waals surface area contributed by atoms with Crippen LogP contribution in [0.2, 0.25) is 10.0 Å². The van der Waals surface area contributed by atoms with E-state index in [1.807, 2.05) is 49.5 Å². The first-order chi connectivity index (χ1) is 10.5. The van der Waals surface area contributed by atoms with Gasteiger partial charge in [0.15, 0.2) is 0 Å². The first kappa shape index (κ1) is 17.0. The molecule has 0 aliphatic rings. The summed E-state index contributed by atoms with van der Waals surface area (Å²) in [5.41, 5.74) is 1.74. The lowest BCUT2D eigenvalue weighted by atomic mass is 10.1. The zero-order valence-corrected chi connectivity index (χ0v) is 14.4. The summed E-state index contributed by atoms with van der Waals surface area (Å²) in [5.74, 6) is 0.119. The molecule has 0 N–H and O–H groups in total. The van der Waals surface area contributed by atoms with Crippen molar-refractivity contribution in [1.29, 1.82) is 0 Å². The number of quaternary nitrogens is 1. The van der Waals surface area contributed by atoms with Gasteiger partial charge in [0.05, 0.1) is 29.2 Å². The third-order valence-electron chi connectivity index (χ3n) is 3.74. The van der Waals surface area contributed by atoms with Crippen LogP contribution >= 0.6 is 23.2 Å². The lowest BCUT2D eigenvalue weighted by molar-refractivity contribution is -0.842. The van der Waals surface area contributed by atoms with Crippen LogP contribution in [0, 0.1) is 0 Å². The van der Waals surface area contributed by atoms with Gasteiger partial charge in [-0.3, -0.25) is 4.48 Å². The van der Waals surface area contributed by atoms with Crippen LogP contribution in [0.4, 0.5) is 0 Å². The van der Waals surface area contributed by atoms with Crippen molar-refractivity contribution in [3.63, 3.8) is 0 Å². The highest BCUT2D eigenvalue weighted by atomic mass is 35.5. The van der Waals surface area contributed by atoms with Crippen molar-refractivity contribution in [3.05, 3.63) is 69.7 Å². The minimum absolute atomic E-state index is 0.119. The average molecular weight is 337 g/mol. The Labute approximate surface area is 141 Å². The monoisotopic (exact) mass is 336 g/mol. The second-order valence-electron chi connectivity index (χ2n) is 5.70. The molecule has 0 aliphatic heterocycles. The lowest BCUT2D eigenvalue weighted by Gasteiger charge is -2.31. The highest BCUT2D eigenvalue weighted by Gasteiger charge is 2.32. The van der Waals surface area contributed by atoms with E-state index in [1.165, 1.54) is 0 Å².